The highest BCUT2D eigenvalue weighted by molar-refractivity contribution is 5.83. The van der Waals surface area contributed by atoms with Gasteiger partial charge in [-0.1, -0.05) is 6.92 Å². The first-order valence-electron chi connectivity index (χ1n) is 5.46. The zero-order valence-electron chi connectivity index (χ0n) is 9.86. The molecule has 1 heterocycles. The summed E-state index contributed by atoms with van der Waals surface area (Å²) in [6.45, 7) is 2.06. The molecule has 0 saturated heterocycles. The van der Waals surface area contributed by atoms with Gasteiger partial charge in [-0.2, -0.15) is 0 Å². The minimum absolute atomic E-state index is 0.497. The zero-order chi connectivity index (χ0) is 12.3. The Balaban J connectivity index is 2.50. The third-order valence-corrected chi connectivity index (χ3v) is 2.72. The van der Waals surface area contributed by atoms with Crippen molar-refractivity contribution in [3.63, 3.8) is 0 Å². The van der Waals surface area contributed by atoms with Gasteiger partial charge in [-0.25, -0.2) is 4.98 Å². The summed E-state index contributed by atoms with van der Waals surface area (Å²) in [5.41, 5.74) is 3.20. The average Bonchev–Trinajstić information content (AvgIpc) is 2.86. The van der Waals surface area contributed by atoms with E-state index in [0.29, 0.717) is 11.4 Å². The highest BCUT2D eigenvalue weighted by Crippen LogP contribution is 2.26. The number of nitrogens with zero attached hydrogens (tertiary/aromatic N) is 1. The van der Waals surface area contributed by atoms with Gasteiger partial charge in [0, 0.05) is 5.56 Å². The molecule has 0 unspecified atom stereocenters. The summed E-state index contributed by atoms with van der Waals surface area (Å²) in [7, 11) is 1.65. The number of rotatable bonds is 4. The van der Waals surface area contributed by atoms with Crippen molar-refractivity contribution in [2.75, 3.05) is 7.11 Å². The maximum Gasteiger partial charge on any atom is 0.168 e. The molecular weight excluding hydrogens is 216 g/mol. The number of imidazole rings is 1. The van der Waals surface area contributed by atoms with Crippen molar-refractivity contribution in [1.29, 1.82) is 0 Å². The van der Waals surface area contributed by atoms with Crippen LogP contribution in [0.3, 0.4) is 0 Å². The minimum Gasteiger partial charge on any atom is -0.496 e. The molecule has 88 valence electrons. The number of hydrogen-bond donors (Lipinski definition) is 1. The highest BCUT2D eigenvalue weighted by Gasteiger charge is 2.10. The fourth-order valence-electron chi connectivity index (χ4n) is 1.83. The Kier molecular flexibility index (Phi) is 3.23. The van der Waals surface area contributed by atoms with E-state index in [9.17, 15) is 4.79 Å². The molecule has 0 saturated carbocycles. The first-order chi connectivity index (χ1) is 8.30. The van der Waals surface area contributed by atoms with E-state index in [-0.39, 0.29) is 0 Å². The second-order valence-corrected chi connectivity index (χ2v) is 3.66. The molecule has 2 rings (SSSR count). The van der Waals surface area contributed by atoms with E-state index < -0.39 is 0 Å². The Morgan fingerprint density at radius 1 is 1.47 bits per heavy atom. The van der Waals surface area contributed by atoms with Crippen LogP contribution in [-0.2, 0) is 6.42 Å². The van der Waals surface area contributed by atoms with Gasteiger partial charge in [0.25, 0.3) is 0 Å². The molecule has 0 aliphatic carbocycles. The zero-order valence-corrected chi connectivity index (χ0v) is 9.86. The van der Waals surface area contributed by atoms with Crippen molar-refractivity contribution in [3.05, 3.63) is 35.8 Å². The van der Waals surface area contributed by atoms with Gasteiger partial charge in [0.1, 0.15) is 11.4 Å². The molecule has 0 bridgehead atoms. The van der Waals surface area contributed by atoms with Crippen LogP contribution in [0.5, 0.6) is 5.75 Å². The summed E-state index contributed by atoms with van der Waals surface area (Å²) in [5, 5.41) is 0. The second kappa shape index (κ2) is 4.82. The summed E-state index contributed by atoms with van der Waals surface area (Å²) >= 11 is 0. The van der Waals surface area contributed by atoms with Gasteiger partial charge < -0.3 is 9.72 Å². The van der Waals surface area contributed by atoms with Gasteiger partial charge >= 0.3 is 0 Å². The number of carbonyl (C=O) groups excluding carboxylic acids is 1. The van der Waals surface area contributed by atoms with Gasteiger partial charge in [-0.3, -0.25) is 4.79 Å². The summed E-state index contributed by atoms with van der Waals surface area (Å²) in [4.78, 5) is 17.8. The summed E-state index contributed by atoms with van der Waals surface area (Å²) < 4.78 is 5.27. The van der Waals surface area contributed by atoms with Crippen LogP contribution in [0.1, 0.15) is 23.0 Å². The van der Waals surface area contributed by atoms with Crippen LogP contribution in [0, 0.1) is 0 Å². The monoisotopic (exact) mass is 230 g/mol. The van der Waals surface area contributed by atoms with Crippen LogP contribution in [0.25, 0.3) is 11.3 Å². The van der Waals surface area contributed by atoms with E-state index in [1.807, 2.05) is 18.2 Å². The largest absolute Gasteiger partial charge is 0.496 e. The first-order valence-corrected chi connectivity index (χ1v) is 5.46. The predicted octanol–water partition coefficient (Wildman–Crippen LogP) is 2.46. The molecule has 1 aromatic carbocycles. The lowest BCUT2D eigenvalue weighted by atomic mass is 10.0. The molecule has 4 nitrogen and oxygen atoms in total. The molecule has 2 aromatic rings. The Morgan fingerprint density at radius 2 is 2.29 bits per heavy atom. The number of aryl methyl sites for hydroxylation is 1. The van der Waals surface area contributed by atoms with E-state index in [0.717, 1.165) is 29.6 Å². The van der Waals surface area contributed by atoms with E-state index in [1.54, 1.807) is 7.11 Å². The maximum atomic E-state index is 10.8. The number of benzene rings is 1. The van der Waals surface area contributed by atoms with Crippen molar-refractivity contribution in [2.24, 2.45) is 0 Å². The van der Waals surface area contributed by atoms with Crippen LogP contribution in [-0.4, -0.2) is 23.4 Å². The van der Waals surface area contributed by atoms with Crippen molar-refractivity contribution in [3.8, 4) is 17.0 Å². The molecule has 17 heavy (non-hydrogen) atoms. The van der Waals surface area contributed by atoms with Crippen LogP contribution < -0.4 is 4.74 Å². The van der Waals surface area contributed by atoms with Crippen LogP contribution in [0.4, 0.5) is 0 Å². The Hall–Kier alpha value is -2.10. The average molecular weight is 230 g/mol. The third-order valence-electron chi connectivity index (χ3n) is 2.72. The number of carbonyl (C=O) groups is 1. The van der Waals surface area contributed by atoms with E-state index >= 15 is 0 Å². The smallest absolute Gasteiger partial charge is 0.168 e. The fraction of sp³-hybridized carbons (Fsp3) is 0.231. The predicted molar refractivity (Wildman–Crippen MR) is 65.3 cm³/mol. The number of aromatic nitrogens is 2. The van der Waals surface area contributed by atoms with E-state index in [2.05, 4.69) is 16.9 Å². The number of nitrogens with one attached hydrogen (secondary N) is 1. The molecular formula is C13H14N2O2. The van der Waals surface area contributed by atoms with Crippen molar-refractivity contribution in [2.45, 2.75) is 13.3 Å². The molecule has 0 radical (unpaired) electrons. The molecule has 0 atom stereocenters. The molecule has 0 fully saturated rings. The van der Waals surface area contributed by atoms with E-state index in [4.69, 9.17) is 4.74 Å². The molecule has 4 heteroatoms. The van der Waals surface area contributed by atoms with Crippen LogP contribution >= 0.6 is 0 Å². The van der Waals surface area contributed by atoms with Gasteiger partial charge in [-0.05, 0) is 30.2 Å². The maximum absolute atomic E-state index is 10.8. The fourth-order valence-corrected chi connectivity index (χ4v) is 1.83. The quantitative estimate of drug-likeness (QED) is 0.821. The lowest BCUT2D eigenvalue weighted by molar-refractivity contribution is 0.112. The lowest BCUT2D eigenvalue weighted by Crippen LogP contribution is -1.92. The molecule has 0 aliphatic heterocycles. The number of methoxy groups -OCH3 is 1. The summed E-state index contributed by atoms with van der Waals surface area (Å²) in [5.74, 6) is 0.861. The Morgan fingerprint density at radius 3 is 2.94 bits per heavy atom. The number of aromatic amines is 1. The lowest BCUT2D eigenvalue weighted by Gasteiger charge is -2.08. The molecule has 1 N–H and O–H groups in total. The van der Waals surface area contributed by atoms with Crippen molar-refractivity contribution in [1.82, 2.24) is 9.97 Å². The molecule has 0 spiro atoms. The van der Waals surface area contributed by atoms with Gasteiger partial charge in [0.05, 0.1) is 19.1 Å². The Labute approximate surface area is 99.7 Å². The highest BCUT2D eigenvalue weighted by atomic mass is 16.5. The van der Waals surface area contributed by atoms with Gasteiger partial charge in [0.15, 0.2) is 6.29 Å². The molecule has 1 aromatic heterocycles. The number of hydrogen-bond acceptors (Lipinski definition) is 3. The normalized spacial score (nSPS) is 10.2. The number of aldehydes is 1. The number of H-pyrrole nitrogens is 1. The summed E-state index contributed by atoms with van der Waals surface area (Å²) in [6, 6.07) is 5.81. The van der Waals surface area contributed by atoms with Gasteiger partial charge in [-0.15, -0.1) is 0 Å². The first kappa shape index (κ1) is 11.4. The van der Waals surface area contributed by atoms with E-state index in [1.165, 1.54) is 6.33 Å². The standard InChI is InChI=1S/C13H14N2O2/c1-3-9-6-10(4-5-12(9)17-2)13-11(7-16)14-8-15-13/h4-8H,3H2,1-2H3,(H,14,15). The third kappa shape index (κ3) is 2.06. The molecule has 0 amide bonds. The molecule has 0 aliphatic rings. The van der Waals surface area contributed by atoms with Crippen LogP contribution in [0.15, 0.2) is 24.5 Å². The summed E-state index contributed by atoms with van der Waals surface area (Å²) in [6.07, 6.45) is 3.17. The number of ether oxygens (including phenoxy) is 1. The SMILES string of the molecule is CCc1cc(-c2nc[nH]c2C=O)ccc1OC. The van der Waals surface area contributed by atoms with Gasteiger partial charge in [0.2, 0.25) is 0 Å². The minimum atomic E-state index is 0.497. The van der Waals surface area contributed by atoms with Crippen molar-refractivity contribution >= 4 is 6.29 Å². The second-order valence-electron chi connectivity index (χ2n) is 3.66. The Bertz CT molecular complexity index is 532. The van der Waals surface area contributed by atoms with Crippen molar-refractivity contribution < 1.29 is 9.53 Å². The van der Waals surface area contributed by atoms with Crippen LogP contribution in [0.2, 0.25) is 0 Å². The topological polar surface area (TPSA) is 55.0 Å².